The van der Waals surface area contributed by atoms with Crippen molar-refractivity contribution >= 4 is 59.4 Å². The molecule has 3 aromatic rings. The molecule has 0 unspecified atom stereocenters. The Morgan fingerprint density at radius 1 is 1.00 bits per heavy atom. The molecule has 0 atom stereocenters. The molecule has 0 amide bonds. The Kier molecular flexibility index (Phi) is 7.55. The van der Waals surface area contributed by atoms with Crippen LogP contribution in [0.15, 0.2) is 47.2 Å². The highest BCUT2D eigenvalue weighted by Gasteiger charge is 2.15. The highest BCUT2D eigenvalue weighted by atomic mass is 35.5. The van der Waals surface area contributed by atoms with Crippen LogP contribution in [0.5, 0.6) is 0 Å². The predicted molar refractivity (Wildman–Crippen MR) is 103 cm³/mol. The Bertz CT molecular complexity index is 845. The minimum absolute atomic E-state index is 0.278. The van der Waals surface area contributed by atoms with Gasteiger partial charge >= 0.3 is 7.12 Å². The summed E-state index contributed by atoms with van der Waals surface area (Å²) in [6.07, 6.45) is 2.28. The van der Waals surface area contributed by atoms with Gasteiger partial charge in [0.05, 0.1) is 9.75 Å². The van der Waals surface area contributed by atoms with Crippen LogP contribution >= 0.6 is 34.3 Å². The zero-order chi connectivity index (χ0) is 18.2. The van der Waals surface area contributed by atoms with Gasteiger partial charge in [0.25, 0.3) is 0 Å². The molecule has 128 valence electrons. The first-order chi connectivity index (χ1) is 12.0. The number of thiophene rings is 2. The number of halogens is 1. The second kappa shape index (κ2) is 9.65. The Hall–Kier alpha value is -1.77. The van der Waals surface area contributed by atoms with Gasteiger partial charge in [-0.25, -0.2) is 0 Å². The topological polar surface area (TPSA) is 74.6 Å². The summed E-state index contributed by atoms with van der Waals surface area (Å²) in [6.45, 7) is 0. The highest BCUT2D eigenvalue weighted by Crippen LogP contribution is 2.20. The fourth-order valence-corrected chi connectivity index (χ4v) is 3.77. The van der Waals surface area contributed by atoms with Crippen molar-refractivity contribution in [3.05, 3.63) is 73.1 Å². The molecular formula is C17H14BClO4S2. The van der Waals surface area contributed by atoms with Crippen molar-refractivity contribution in [2.75, 3.05) is 0 Å². The summed E-state index contributed by atoms with van der Waals surface area (Å²) < 4.78 is 0. The normalized spacial score (nSPS) is 9.88. The molecule has 0 spiro atoms. The van der Waals surface area contributed by atoms with Crippen molar-refractivity contribution < 1.29 is 19.6 Å². The van der Waals surface area contributed by atoms with Crippen molar-refractivity contribution in [2.45, 2.75) is 6.42 Å². The zero-order valence-electron chi connectivity index (χ0n) is 13.0. The maximum atomic E-state index is 10.7. The Morgan fingerprint density at radius 3 is 2.28 bits per heavy atom. The van der Waals surface area contributed by atoms with E-state index in [9.17, 15) is 9.59 Å². The second-order valence-corrected chi connectivity index (χ2v) is 7.30. The van der Waals surface area contributed by atoms with Crippen LogP contribution in [0.1, 0.15) is 30.5 Å². The summed E-state index contributed by atoms with van der Waals surface area (Å²) in [5, 5.41) is 21.6. The van der Waals surface area contributed by atoms with E-state index < -0.39 is 7.12 Å². The lowest BCUT2D eigenvalue weighted by Gasteiger charge is -2.00. The van der Waals surface area contributed by atoms with Gasteiger partial charge in [-0.3, -0.25) is 9.59 Å². The van der Waals surface area contributed by atoms with E-state index in [4.69, 9.17) is 21.6 Å². The van der Waals surface area contributed by atoms with Crippen molar-refractivity contribution in [1.82, 2.24) is 0 Å². The van der Waals surface area contributed by atoms with Crippen LogP contribution < -0.4 is 5.46 Å². The van der Waals surface area contributed by atoms with Crippen molar-refractivity contribution in [1.29, 1.82) is 0 Å². The van der Waals surface area contributed by atoms with Gasteiger partial charge in [-0.15, -0.1) is 22.7 Å². The van der Waals surface area contributed by atoms with E-state index in [0.29, 0.717) is 11.2 Å². The molecule has 0 aliphatic carbocycles. The SMILES string of the molecule is O=Cc1sccc1B(O)O.O=Cc1sccc1Cc1cccc(Cl)c1. The van der Waals surface area contributed by atoms with Crippen molar-refractivity contribution in [3.63, 3.8) is 0 Å². The third kappa shape index (κ3) is 5.62. The molecule has 3 rings (SSSR count). The third-order valence-corrected chi connectivity index (χ3v) is 5.26. The molecule has 0 saturated carbocycles. The van der Waals surface area contributed by atoms with E-state index >= 15 is 0 Å². The van der Waals surface area contributed by atoms with E-state index in [-0.39, 0.29) is 5.46 Å². The van der Waals surface area contributed by atoms with E-state index in [1.165, 1.54) is 28.7 Å². The standard InChI is InChI=1S/C12H9ClOS.C5H5BO3S/c13-11-3-1-2-9(7-11)6-10-4-5-15-12(10)8-14;7-3-5-4(6(8)9)1-2-10-5/h1-5,7-8H,6H2;1-3,8-9H. The first kappa shape index (κ1) is 19.6. The Balaban J connectivity index is 0.000000196. The largest absolute Gasteiger partial charge is 0.490 e. The quantitative estimate of drug-likeness (QED) is 0.517. The summed E-state index contributed by atoms with van der Waals surface area (Å²) in [4.78, 5) is 22.1. The first-order valence-electron chi connectivity index (χ1n) is 7.19. The Morgan fingerprint density at radius 2 is 1.68 bits per heavy atom. The smallest absolute Gasteiger partial charge is 0.423 e. The van der Waals surface area contributed by atoms with Gasteiger partial charge in [-0.05, 0) is 46.5 Å². The summed E-state index contributed by atoms with van der Waals surface area (Å²) in [7, 11) is -1.54. The number of carbonyl (C=O) groups is 2. The van der Waals surface area contributed by atoms with Gasteiger partial charge in [0.15, 0.2) is 12.6 Å². The number of benzene rings is 1. The lowest BCUT2D eigenvalue weighted by molar-refractivity contribution is 0.111. The van der Waals surface area contributed by atoms with Gasteiger partial charge < -0.3 is 10.0 Å². The number of rotatable bonds is 5. The lowest BCUT2D eigenvalue weighted by atomic mass is 9.81. The van der Waals surface area contributed by atoms with Gasteiger partial charge in [-0.1, -0.05) is 29.8 Å². The monoisotopic (exact) mass is 392 g/mol. The Labute approximate surface area is 158 Å². The molecule has 0 saturated heterocycles. The van der Waals surface area contributed by atoms with Crippen molar-refractivity contribution in [2.24, 2.45) is 0 Å². The number of carbonyl (C=O) groups excluding carboxylic acids is 2. The van der Waals surface area contributed by atoms with Gasteiger partial charge in [0, 0.05) is 10.5 Å². The summed E-state index contributed by atoms with van der Waals surface area (Å²) in [5.74, 6) is 0. The third-order valence-electron chi connectivity index (χ3n) is 3.28. The molecule has 2 aromatic heterocycles. The average molecular weight is 393 g/mol. The summed E-state index contributed by atoms with van der Waals surface area (Å²) in [5.41, 5.74) is 2.47. The van der Waals surface area contributed by atoms with E-state index in [1.54, 1.807) is 5.38 Å². The molecule has 1 aromatic carbocycles. The van der Waals surface area contributed by atoms with Crippen LogP contribution in [0, 0.1) is 0 Å². The molecular weight excluding hydrogens is 379 g/mol. The van der Waals surface area contributed by atoms with Crippen LogP contribution in [0.3, 0.4) is 0 Å². The summed E-state index contributed by atoms with van der Waals surface area (Å²) in [6, 6.07) is 11.2. The number of hydrogen-bond acceptors (Lipinski definition) is 6. The zero-order valence-corrected chi connectivity index (χ0v) is 15.4. The maximum Gasteiger partial charge on any atom is 0.490 e. The minimum Gasteiger partial charge on any atom is -0.423 e. The fraction of sp³-hybridized carbons (Fsp3) is 0.0588. The van der Waals surface area contributed by atoms with E-state index in [1.807, 2.05) is 35.7 Å². The minimum atomic E-state index is -1.54. The van der Waals surface area contributed by atoms with Gasteiger partial charge in [0.2, 0.25) is 0 Å². The van der Waals surface area contributed by atoms with E-state index in [2.05, 4.69) is 0 Å². The fourth-order valence-electron chi connectivity index (χ4n) is 2.10. The molecule has 25 heavy (non-hydrogen) atoms. The molecule has 2 N–H and O–H groups in total. The molecule has 2 heterocycles. The van der Waals surface area contributed by atoms with Crippen LogP contribution in [0.4, 0.5) is 0 Å². The highest BCUT2D eigenvalue weighted by molar-refractivity contribution is 7.13. The number of hydrogen-bond donors (Lipinski definition) is 2. The predicted octanol–water partition coefficient (Wildman–Crippen LogP) is 3.05. The number of aldehydes is 2. The van der Waals surface area contributed by atoms with Crippen molar-refractivity contribution in [3.8, 4) is 0 Å². The average Bonchev–Trinajstić information content (AvgIpc) is 3.24. The first-order valence-corrected chi connectivity index (χ1v) is 9.33. The van der Waals surface area contributed by atoms with Gasteiger partial charge in [-0.2, -0.15) is 0 Å². The van der Waals surface area contributed by atoms with Gasteiger partial charge in [0.1, 0.15) is 0 Å². The summed E-state index contributed by atoms with van der Waals surface area (Å²) >= 11 is 8.55. The second-order valence-electron chi connectivity index (χ2n) is 4.97. The maximum absolute atomic E-state index is 10.7. The van der Waals surface area contributed by atoms with Crippen LogP contribution in [0.25, 0.3) is 0 Å². The lowest BCUT2D eigenvalue weighted by Crippen LogP contribution is -2.30. The molecule has 0 radical (unpaired) electrons. The molecule has 8 heteroatoms. The molecule has 0 bridgehead atoms. The van der Waals surface area contributed by atoms with E-state index in [0.717, 1.165) is 33.7 Å². The van der Waals surface area contributed by atoms with Crippen LogP contribution in [-0.2, 0) is 6.42 Å². The van der Waals surface area contributed by atoms with Crippen LogP contribution in [-0.4, -0.2) is 29.7 Å². The molecule has 0 aliphatic rings. The van der Waals surface area contributed by atoms with Crippen LogP contribution in [0.2, 0.25) is 5.02 Å². The molecule has 4 nitrogen and oxygen atoms in total. The molecule has 0 fully saturated rings. The molecule has 0 aliphatic heterocycles.